The van der Waals surface area contributed by atoms with Crippen molar-refractivity contribution < 1.29 is 47.9 Å². The first kappa shape index (κ1) is 51.9. The second kappa shape index (κ2) is 26.3. The maximum atomic E-state index is 13.7. The molecule has 0 saturated carbocycles. The second-order valence-corrected chi connectivity index (χ2v) is 18.0. The number of imide groups is 1. The Morgan fingerprint density at radius 3 is 2.09 bits per heavy atom. The van der Waals surface area contributed by atoms with Gasteiger partial charge in [0.25, 0.3) is 0 Å². The maximum Gasteiger partial charge on any atom is 0.407 e. The molecule has 360 valence electrons. The van der Waals surface area contributed by atoms with Crippen LogP contribution in [0.15, 0.2) is 102 Å². The van der Waals surface area contributed by atoms with Gasteiger partial charge in [-0.2, -0.15) is 0 Å². The molecule has 2 aliphatic rings. The predicted molar refractivity (Wildman–Crippen MR) is 255 cm³/mol. The van der Waals surface area contributed by atoms with E-state index in [0.29, 0.717) is 53.6 Å². The molecule has 1 fully saturated rings. The summed E-state index contributed by atoms with van der Waals surface area (Å²) in [5.41, 5.74) is 7.60. The SMILES string of the molecule is CC(C)[C@H](NC(=O)CCCCCN1C(=O)CC(Sc2ccccccccc2)C1=O)C(=O)N[C@@H](CCCNC(N)=O)C(=O)Nc1ccc(COC(=O)NCc2ccc3c(c2)C(=O)CCC3=O)cc1. The number of ketones is 2. The third-order valence-corrected chi connectivity index (χ3v) is 12.3. The Bertz CT molecular complexity index is 2370. The molecule has 3 aromatic rings. The molecule has 0 bridgehead atoms. The van der Waals surface area contributed by atoms with Crippen molar-refractivity contribution >= 4 is 70.7 Å². The fourth-order valence-corrected chi connectivity index (χ4v) is 8.52. The van der Waals surface area contributed by atoms with E-state index in [0.717, 1.165) is 4.90 Å². The van der Waals surface area contributed by atoms with Gasteiger partial charge in [0, 0.05) is 67.0 Å². The van der Waals surface area contributed by atoms with E-state index < -0.39 is 41.3 Å². The number of fused-ring (bicyclic) bond motifs is 1. The van der Waals surface area contributed by atoms with Gasteiger partial charge in [-0.1, -0.05) is 87.0 Å². The lowest BCUT2D eigenvalue weighted by Crippen LogP contribution is -2.54. The monoisotopic (exact) mass is 949 g/mol. The maximum absolute atomic E-state index is 13.7. The molecule has 0 radical (unpaired) electrons. The number of carbonyl (C=O) groups is 9. The number of rotatable bonds is 22. The van der Waals surface area contributed by atoms with Crippen LogP contribution in [0.4, 0.5) is 15.3 Å². The molecule has 1 aliphatic heterocycles. The number of urea groups is 1. The van der Waals surface area contributed by atoms with Gasteiger partial charge in [0.2, 0.25) is 29.5 Å². The van der Waals surface area contributed by atoms with Crippen LogP contribution in [0.3, 0.4) is 0 Å². The number of hydrogen-bond donors (Lipinski definition) is 6. The number of nitrogens with one attached hydrogen (secondary N) is 5. The zero-order chi connectivity index (χ0) is 49.0. The van der Waals surface area contributed by atoms with Crippen molar-refractivity contribution in [3.63, 3.8) is 0 Å². The van der Waals surface area contributed by atoms with E-state index in [-0.39, 0.29) is 93.6 Å². The van der Waals surface area contributed by atoms with Crippen LogP contribution in [0.25, 0.3) is 0 Å². The summed E-state index contributed by atoms with van der Waals surface area (Å²) in [5.74, 6) is -2.48. The van der Waals surface area contributed by atoms with Crippen LogP contribution in [0, 0.1) is 5.92 Å². The van der Waals surface area contributed by atoms with Crippen LogP contribution in [-0.2, 0) is 41.9 Å². The lowest BCUT2D eigenvalue weighted by molar-refractivity contribution is -0.138. The van der Waals surface area contributed by atoms with Crippen LogP contribution in [0.2, 0.25) is 0 Å². The number of nitrogens with zero attached hydrogens (tertiary/aromatic N) is 1. The molecular weight excluding hydrogens is 891 g/mol. The van der Waals surface area contributed by atoms with Gasteiger partial charge in [-0.15, -0.1) is 11.8 Å². The number of likely N-dealkylation sites (tertiary alicyclic amines) is 1. The van der Waals surface area contributed by atoms with Gasteiger partial charge < -0.3 is 37.1 Å². The van der Waals surface area contributed by atoms with Gasteiger partial charge in [0.1, 0.15) is 18.7 Å². The summed E-state index contributed by atoms with van der Waals surface area (Å²) >= 11 is 1.36. The Labute approximate surface area is 399 Å². The number of Topliss-reactive ketones (excluding diaryl/α,β-unsaturated/α-hetero) is 2. The van der Waals surface area contributed by atoms with Gasteiger partial charge in [0.05, 0.1) is 5.25 Å². The lowest BCUT2D eigenvalue weighted by Gasteiger charge is -2.25. The second-order valence-electron chi connectivity index (χ2n) is 16.7. The minimum absolute atomic E-state index is 0.0830. The summed E-state index contributed by atoms with van der Waals surface area (Å²) in [6, 6.07) is 25.7. The van der Waals surface area contributed by atoms with Gasteiger partial charge in [-0.3, -0.25) is 38.5 Å². The van der Waals surface area contributed by atoms with Crippen molar-refractivity contribution in [1.29, 1.82) is 0 Å². The van der Waals surface area contributed by atoms with Crippen molar-refractivity contribution in [3.8, 4) is 0 Å². The molecule has 1 heterocycles. The molecule has 1 aliphatic carbocycles. The number of alkyl carbamates (subject to hydrolysis) is 1. The molecule has 0 spiro atoms. The van der Waals surface area contributed by atoms with Crippen molar-refractivity contribution in [1.82, 2.24) is 26.2 Å². The van der Waals surface area contributed by atoms with Crippen LogP contribution in [0.1, 0.15) is 103 Å². The first-order valence-corrected chi connectivity index (χ1v) is 23.6. The zero-order valence-electron chi connectivity index (χ0n) is 38.3. The molecular formula is C50H59N7O10S. The topological polar surface area (TPSA) is 252 Å². The minimum atomic E-state index is -1.06. The van der Waals surface area contributed by atoms with E-state index >= 15 is 0 Å². The number of benzene rings is 2. The Kier molecular flexibility index (Phi) is 20.1. The fraction of sp³-hybridized carbons (Fsp3) is 0.380. The Morgan fingerprint density at radius 2 is 1.41 bits per heavy atom. The highest BCUT2D eigenvalue weighted by Gasteiger charge is 2.38. The van der Waals surface area contributed by atoms with Crippen LogP contribution in [0.5, 0.6) is 0 Å². The standard InChI is InChI=1S/C50H59N7O10S/c1-32(2)45(56-43(60)17-11-8-12-27-57-44(61)29-42(48(57)64)68-36-14-9-6-4-3-5-7-10-15-36)47(63)55-39(16-13-26-52-49(51)65)46(62)54-35-21-18-33(19-22-35)31-67-50(66)53-30-34-20-23-37-38(28-34)41(59)25-24-40(37)58/h3-7,9-10,14-15,18-23,28,32,39,42,45H,8,11-13,16-17,24-27,29-31H2,1-2H3,(H,53,66)(H,54,62)(H,55,63)(H,56,60)(H3,51,52,65)/t39-,42?,45-/m0/s1. The molecule has 0 aromatic heterocycles. The Morgan fingerprint density at radius 1 is 0.750 bits per heavy atom. The highest BCUT2D eigenvalue weighted by Crippen LogP contribution is 2.31. The summed E-state index contributed by atoms with van der Waals surface area (Å²) < 4.78 is 5.33. The number of primary amides is 1. The average molecular weight is 950 g/mol. The van der Waals surface area contributed by atoms with E-state index in [2.05, 4.69) is 26.6 Å². The molecule has 18 heteroatoms. The number of carbonyl (C=O) groups excluding carboxylic acids is 9. The molecule has 68 heavy (non-hydrogen) atoms. The number of hydrogen-bond acceptors (Lipinski definition) is 11. The van der Waals surface area contributed by atoms with Gasteiger partial charge >= 0.3 is 12.1 Å². The number of nitrogens with two attached hydrogens (primary N) is 1. The zero-order valence-corrected chi connectivity index (χ0v) is 39.1. The molecule has 7 N–H and O–H groups in total. The van der Waals surface area contributed by atoms with E-state index in [1.807, 2.05) is 54.6 Å². The minimum Gasteiger partial charge on any atom is -0.445 e. The molecule has 1 saturated heterocycles. The third kappa shape index (κ3) is 16.4. The summed E-state index contributed by atoms with van der Waals surface area (Å²) in [4.78, 5) is 117. The highest BCUT2D eigenvalue weighted by molar-refractivity contribution is 8.00. The lowest BCUT2D eigenvalue weighted by atomic mass is 9.88. The fourth-order valence-electron chi connectivity index (χ4n) is 7.42. The number of thioether (sulfide) groups is 1. The van der Waals surface area contributed by atoms with Gasteiger partial charge in [-0.05, 0) is 73.1 Å². The van der Waals surface area contributed by atoms with Crippen molar-refractivity contribution in [2.24, 2.45) is 11.7 Å². The predicted octanol–water partition coefficient (Wildman–Crippen LogP) is 5.89. The van der Waals surface area contributed by atoms with E-state index in [1.54, 1.807) is 56.3 Å². The largest absolute Gasteiger partial charge is 0.445 e. The van der Waals surface area contributed by atoms with Gasteiger partial charge in [0.15, 0.2) is 11.6 Å². The number of amides is 8. The first-order chi connectivity index (χ1) is 32.7. The van der Waals surface area contributed by atoms with E-state index in [1.165, 1.54) is 16.7 Å². The van der Waals surface area contributed by atoms with Crippen molar-refractivity contribution in [3.05, 3.63) is 119 Å². The normalized spacial score (nSPS) is 15.1. The van der Waals surface area contributed by atoms with Crippen LogP contribution < -0.4 is 32.3 Å². The quantitative estimate of drug-likeness (QED) is 0.0512. The van der Waals surface area contributed by atoms with Crippen molar-refractivity contribution in [2.45, 2.75) is 107 Å². The number of unbranched alkanes of at least 4 members (excludes halogenated alkanes) is 2. The van der Waals surface area contributed by atoms with Gasteiger partial charge in [-0.25, -0.2) is 9.59 Å². The van der Waals surface area contributed by atoms with E-state index in [4.69, 9.17) is 10.5 Å². The molecule has 3 atom stereocenters. The summed E-state index contributed by atoms with van der Waals surface area (Å²) in [6.07, 6.45) is 1.83. The summed E-state index contributed by atoms with van der Waals surface area (Å²) in [7, 11) is 0. The highest BCUT2D eigenvalue weighted by atomic mass is 32.2. The molecule has 17 nitrogen and oxygen atoms in total. The smallest absolute Gasteiger partial charge is 0.407 e. The third-order valence-electron chi connectivity index (χ3n) is 11.1. The first-order valence-electron chi connectivity index (χ1n) is 22.7. The average Bonchev–Trinajstić information content (AvgIpc) is 3.58. The summed E-state index contributed by atoms with van der Waals surface area (Å²) in [6.45, 7) is 3.93. The molecule has 1 unspecified atom stereocenters. The van der Waals surface area contributed by atoms with E-state index in [9.17, 15) is 43.2 Å². The van der Waals surface area contributed by atoms with Crippen LogP contribution >= 0.6 is 11.8 Å². The molecule has 3 aromatic carbocycles. The molecule has 8 amide bonds. The van der Waals surface area contributed by atoms with Crippen molar-refractivity contribution in [2.75, 3.05) is 18.4 Å². The Balaban J connectivity index is 1.06. The molecule has 5 rings (SSSR count). The van der Waals surface area contributed by atoms with Crippen LogP contribution in [-0.4, -0.2) is 88.5 Å². The Hall–Kier alpha value is -7.08. The number of anilines is 1. The number of ether oxygens (including phenoxy) is 1. The summed E-state index contributed by atoms with van der Waals surface area (Å²) in [5, 5.41) is 12.9.